The van der Waals surface area contributed by atoms with Gasteiger partial charge in [-0.05, 0) is 24.4 Å². The van der Waals surface area contributed by atoms with Gasteiger partial charge >= 0.3 is 6.01 Å². The molecule has 7 nitrogen and oxygen atoms in total. The first-order valence-electron chi connectivity index (χ1n) is 6.18. The fourth-order valence-electron chi connectivity index (χ4n) is 1.90. The molecule has 1 amide bonds. The minimum atomic E-state index is -0.301. The molecule has 2 N–H and O–H groups in total. The van der Waals surface area contributed by atoms with Crippen molar-refractivity contribution in [3.05, 3.63) is 5.28 Å². The molecule has 0 radical (unpaired) electrons. The number of hydrogen-bond acceptors (Lipinski definition) is 6. The van der Waals surface area contributed by atoms with Crippen molar-refractivity contribution in [2.45, 2.75) is 19.8 Å². The van der Waals surface area contributed by atoms with Crippen molar-refractivity contribution in [1.29, 1.82) is 0 Å². The maximum Gasteiger partial charge on any atom is 0.322 e. The summed E-state index contributed by atoms with van der Waals surface area (Å²) in [6.07, 6.45) is 1.55. The van der Waals surface area contributed by atoms with Crippen molar-refractivity contribution in [2.24, 2.45) is 11.7 Å². The van der Waals surface area contributed by atoms with Gasteiger partial charge in [0.2, 0.25) is 17.1 Å². The summed E-state index contributed by atoms with van der Waals surface area (Å²) in [6.45, 7) is 3.68. The molecule has 19 heavy (non-hydrogen) atoms. The van der Waals surface area contributed by atoms with Crippen molar-refractivity contribution >= 4 is 23.5 Å². The first kappa shape index (κ1) is 13.8. The smallest absolute Gasteiger partial charge is 0.322 e. The van der Waals surface area contributed by atoms with Crippen LogP contribution >= 0.6 is 11.6 Å². The zero-order valence-corrected chi connectivity index (χ0v) is 11.4. The highest BCUT2D eigenvalue weighted by molar-refractivity contribution is 6.28. The Kier molecular flexibility index (Phi) is 4.36. The number of anilines is 1. The lowest BCUT2D eigenvalue weighted by molar-refractivity contribution is -0.121. The van der Waals surface area contributed by atoms with Gasteiger partial charge in [0.15, 0.2) is 0 Å². The van der Waals surface area contributed by atoms with Gasteiger partial charge in [0.1, 0.15) is 0 Å². The average Bonchev–Trinajstić information content (AvgIpc) is 2.85. The maximum atomic E-state index is 11.1. The molecule has 2 heterocycles. The third-order valence-electron chi connectivity index (χ3n) is 2.88. The number of rotatable bonds is 5. The van der Waals surface area contributed by atoms with Crippen molar-refractivity contribution in [3.8, 4) is 6.01 Å². The predicted octanol–water partition coefficient (Wildman–Crippen LogP) is 0.625. The van der Waals surface area contributed by atoms with Gasteiger partial charge in [-0.1, -0.05) is 6.92 Å². The lowest BCUT2D eigenvalue weighted by atomic mass is 10.1. The largest absolute Gasteiger partial charge is 0.463 e. The molecule has 1 unspecified atom stereocenters. The molecule has 0 saturated carbocycles. The normalized spacial score (nSPS) is 18.6. The van der Waals surface area contributed by atoms with Gasteiger partial charge in [0.05, 0.1) is 12.5 Å². The summed E-state index contributed by atoms with van der Waals surface area (Å²) in [6, 6.07) is 0.208. The Balaban J connectivity index is 2.11. The first-order valence-corrected chi connectivity index (χ1v) is 6.56. The topological polar surface area (TPSA) is 94.2 Å². The fourth-order valence-corrected chi connectivity index (χ4v) is 2.04. The molecule has 104 valence electrons. The van der Waals surface area contributed by atoms with E-state index in [-0.39, 0.29) is 23.1 Å². The Labute approximate surface area is 116 Å². The van der Waals surface area contributed by atoms with Gasteiger partial charge < -0.3 is 15.4 Å². The summed E-state index contributed by atoms with van der Waals surface area (Å²) in [4.78, 5) is 25.2. The molecule has 0 bridgehead atoms. The van der Waals surface area contributed by atoms with E-state index in [4.69, 9.17) is 22.1 Å². The molecular weight excluding hydrogens is 270 g/mol. The van der Waals surface area contributed by atoms with Crippen molar-refractivity contribution in [3.63, 3.8) is 0 Å². The van der Waals surface area contributed by atoms with Gasteiger partial charge in [0, 0.05) is 13.1 Å². The Morgan fingerprint density at radius 3 is 2.95 bits per heavy atom. The van der Waals surface area contributed by atoms with Crippen molar-refractivity contribution in [2.75, 3.05) is 24.6 Å². The second-order valence-electron chi connectivity index (χ2n) is 4.37. The van der Waals surface area contributed by atoms with E-state index in [0.29, 0.717) is 32.1 Å². The molecule has 1 atom stereocenters. The second kappa shape index (κ2) is 6.01. The van der Waals surface area contributed by atoms with Crippen LogP contribution in [0.25, 0.3) is 0 Å². The van der Waals surface area contributed by atoms with Crippen LogP contribution < -0.4 is 15.4 Å². The quantitative estimate of drug-likeness (QED) is 0.852. The second-order valence-corrected chi connectivity index (χ2v) is 4.71. The minimum Gasteiger partial charge on any atom is -0.463 e. The molecule has 8 heteroatoms. The zero-order chi connectivity index (χ0) is 13.8. The number of halogens is 1. The molecule has 1 aliphatic heterocycles. The molecule has 0 aromatic carbocycles. The van der Waals surface area contributed by atoms with Gasteiger partial charge in [-0.15, -0.1) is 0 Å². The first-order chi connectivity index (χ1) is 9.10. The Morgan fingerprint density at radius 1 is 1.53 bits per heavy atom. The minimum absolute atomic E-state index is 0.0821. The number of aromatic nitrogens is 3. The van der Waals surface area contributed by atoms with Gasteiger partial charge in [-0.3, -0.25) is 4.79 Å². The summed E-state index contributed by atoms with van der Waals surface area (Å²) in [5.41, 5.74) is 5.29. The third kappa shape index (κ3) is 3.44. The molecule has 1 aliphatic rings. The van der Waals surface area contributed by atoms with E-state index >= 15 is 0 Å². The average molecular weight is 286 g/mol. The molecular formula is C11H16ClN5O2. The summed E-state index contributed by atoms with van der Waals surface area (Å²) >= 11 is 5.85. The number of nitrogens with two attached hydrogens (primary N) is 1. The van der Waals surface area contributed by atoms with Crippen LogP contribution in [0.15, 0.2) is 0 Å². The highest BCUT2D eigenvalue weighted by Crippen LogP contribution is 2.22. The fraction of sp³-hybridized carbons (Fsp3) is 0.636. The van der Waals surface area contributed by atoms with E-state index in [1.165, 1.54) is 0 Å². The molecule has 2 rings (SSSR count). The molecule has 1 aromatic heterocycles. The molecule has 0 spiro atoms. The lowest BCUT2D eigenvalue weighted by Crippen LogP contribution is -2.28. The standard InChI is InChI=1S/C11H16ClN5O2/c1-2-5-19-11-15-9(12)14-10(16-11)17-4-3-7(6-17)8(13)18/h7H,2-6H2,1H3,(H2,13,18). The van der Waals surface area contributed by atoms with E-state index < -0.39 is 0 Å². The van der Waals surface area contributed by atoms with Crippen molar-refractivity contribution < 1.29 is 9.53 Å². The van der Waals surface area contributed by atoms with Crippen LogP contribution in [-0.2, 0) is 4.79 Å². The van der Waals surface area contributed by atoms with E-state index in [2.05, 4.69) is 15.0 Å². The number of hydrogen-bond donors (Lipinski definition) is 1. The maximum absolute atomic E-state index is 11.1. The van der Waals surface area contributed by atoms with E-state index in [1.54, 1.807) is 0 Å². The summed E-state index contributed by atoms with van der Waals surface area (Å²) in [5.74, 6) is -0.0458. The summed E-state index contributed by atoms with van der Waals surface area (Å²) in [5, 5.41) is 0.0821. The number of primary amides is 1. The predicted molar refractivity (Wildman–Crippen MR) is 70.1 cm³/mol. The van der Waals surface area contributed by atoms with E-state index in [1.807, 2.05) is 11.8 Å². The van der Waals surface area contributed by atoms with Crippen LogP contribution in [0.1, 0.15) is 19.8 Å². The van der Waals surface area contributed by atoms with Crippen LogP contribution in [0.2, 0.25) is 5.28 Å². The summed E-state index contributed by atoms with van der Waals surface area (Å²) in [7, 11) is 0. The highest BCUT2D eigenvalue weighted by Gasteiger charge is 2.28. The van der Waals surface area contributed by atoms with Crippen LogP contribution in [0.4, 0.5) is 5.95 Å². The monoisotopic (exact) mass is 285 g/mol. The third-order valence-corrected chi connectivity index (χ3v) is 3.05. The number of amides is 1. The van der Waals surface area contributed by atoms with Gasteiger partial charge in [0.25, 0.3) is 0 Å². The molecule has 1 fully saturated rings. The Hall–Kier alpha value is -1.63. The Bertz CT molecular complexity index is 470. The van der Waals surface area contributed by atoms with Crippen LogP contribution in [0.5, 0.6) is 6.01 Å². The van der Waals surface area contributed by atoms with Crippen LogP contribution in [0, 0.1) is 5.92 Å². The number of carbonyl (C=O) groups excluding carboxylic acids is 1. The van der Waals surface area contributed by atoms with Gasteiger partial charge in [-0.2, -0.15) is 15.0 Å². The van der Waals surface area contributed by atoms with Crippen LogP contribution in [0.3, 0.4) is 0 Å². The van der Waals surface area contributed by atoms with E-state index in [0.717, 1.165) is 6.42 Å². The van der Waals surface area contributed by atoms with Crippen molar-refractivity contribution in [1.82, 2.24) is 15.0 Å². The SMILES string of the molecule is CCCOc1nc(Cl)nc(N2CCC(C(N)=O)C2)n1. The highest BCUT2D eigenvalue weighted by atomic mass is 35.5. The zero-order valence-electron chi connectivity index (χ0n) is 10.7. The van der Waals surface area contributed by atoms with Crippen LogP contribution in [-0.4, -0.2) is 40.6 Å². The van der Waals surface area contributed by atoms with Gasteiger partial charge in [-0.25, -0.2) is 0 Å². The molecule has 1 saturated heterocycles. The number of ether oxygens (including phenoxy) is 1. The Morgan fingerprint density at radius 2 is 2.32 bits per heavy atom. The molecule has 1 aromatic rings. The van der Waals surface area contributed by atoms with E-state index in [9.17, 15) is 4.79 Å². The molecule has 0 aliphatic carbocycles. The lowest BCUT2D eigenvalue weighted by Gasteiger charge is -2.16. The number of nitrogens with zero attached hydrogens (tertiary/aromatic N) is 4. The number of carbonyl (C=O) groups is 1. The summed E-state index contributed by atoms with van der Waals surface area (Å²) < 4.78 is 5.35.